The van der Waals surface area contributed by atoms with Crippen molar-refractivity contribution in [3.05, 3.63) is 30.1 Å². The number of hydrogen-bond acceptors (Lipinski definition) is 5. The molecular formula is C20H28N4O4. The summed E-state index contributed by atoms with van der Waals surface area (Å²) in [6, 6.07) is 8.53. The second-order valence-electron chi connectivity index (χ2n) is 7.09. The quantitative estimate of drug-likeness (QED) is 0.771. The van der Waals surface area contributed by atoms with Gasteiger partial charge >= 0.3 is 0 Å². The average Bonchev–Trinajstić information content (AvgIpc) is 3.31. The van der Waals surface area contributed by atoms with Gasteiger partial charge in [-0.2, -0.15) is 0 Å². The van der Waals surface area contributed by atoms with E-state index in [-0.39, 0.29) is 12.4 Å². The summed E-state index contributed by atoms with van der Waals surface area (Å²) in [7, 11) is 0. The number of para-hydroxylation sites is 2. The fourth-order valence-electron chi connectivity index (χ4n) is 3.87. The summed E-state index contributed by atoms with van der Waals surface area (Å²) < 4.78 is 5.51. The van der Waals surface area contributed by atoms with Crippen molar-refractivity contribution in [1.29, 1.82) is 0 Å². The minimum Gasteiger partial charge on any atom is -0.483 e. The molecule has 0 aliphatic carbocycles. The molecule has 2 fully saturated rings. The van der Waals surface area contributed by atoms with Gasteiger partial charge in [-0.05, 0) is 25.0 Å². The number of fused-ring (bicyclic) bond motifs is 1. The SMILES string of the molecule is O=C(CCc1nc2ccccc2[nH]1)N1CCCN(C2CCOC2)CC1.O=CO. The average molecular weight is 388 g/mol. The number of ether oxygens (including phenoxy) is 1. The van der Waals surface area contributed by atoms with Gasteiger partial charge in [-0.15, -0.1) is 0 Å². The molecule has 2 saturated heterocycles. The second kappa shape index (κ2) is 10.2. The second-order valence-corrected chi connectivity index (χ2v) is 7.09. The number of amides is 1. The zero-order valence-corrected chi connectivity index (χ0v) is 16.0. The van der Waals surface area contributed by atoms with E-state index in [2.05, 4.69) is 14.9 Å². The molecule has 2 N–H and O–H groups in total. The van der Waals surface area contributed by atoms with Gasteiger partial charge in [0.1, 0.15) is 5.82 Å². The Balaban J connectivity index is 0.000000706. The zero-order valence-electron chi connectivity index (χ0n) is 16.0. The molecule has 4 rings (SSSR count). The highest BCUT2D eigenvalue weighted by molar-refractivity contribution is 5.77. The van der Waals surface area contributed by atoms with Gasteiger partial charge in [0.15, 0.2) is 0 Å². The number of rotatable bonds is 4. The molecule has 1 unspecified atom stereocenters. The minimum absolute atomic E-state index is 0.241. The molecule has 2 aromatic rings. The van der Waals surface area contributed by atoms with Gasteiger partial charge in [0.05, 0.1) is 17.6 Å². The molecule has 0 radical (unpaired) electrons. The molecule has 2 aliphatic rings. The number of aryl methyl sites for hydroxylation is 1. The molecule has 1 aromatic heterocycles. The highest BCUT2D eigenvalue weighted by Crippen LogP contribution is 2.16. The van der Waals surface area contributed by atoms with Gasteiger partial charge in [-0.3, -0.25) is 14.5 Å². The van der Waals surface area contributed by atoms with Gasteiger partial charge in [0, 0.05) is 51.7 Å². The first-order chi connectivity index (χ1) is 13.7. The van der Waals surface area contributed by atoms with Crippen LogP contribution in [-0.4, -0.2) is 82.7 Å². The lowest BCUT2D eigenvalue weighted by Crippen LogP contribution is -2.39. The summed E-state index contributed by atoms with van der Waals surface area (Å²) in [5.74, 6) is 1.14. The van der Waals surface area contributed by atoms with Crippen LogP contribution < -0.4 is 0 Å². The van der Waals surface area contributed by atoms with E-state index in [1.54, 1.807) is 0 Å². The first kappa shape index (κ1) is 20.3. The lowest BCUT2D eigenvalue weighted by atomic mass is 10.2. The van der Waals surface area contributed by atoms with Crippen LogP contribution in [0.1, 0.15) is 25.1 Å². The fourth-order valence-corrected chi connectivity index (χ4v) is 3.87. The van der Waals surface area contributed by atoms with Crippen molar-refractivity contribution in [3.63, 3.8) is 0 Å². The predicted octanol–water partition coefficient (Wildman–Crippen LogP) is 1.52. The maximum Gasteiger partial charge on any atom is 0.290 e. The normalized spacial score (nSPS) is 20.4. The Morgan fingerprint density at radius 2 is 2.11 bits per heavy atom. The van der Waals surface area contributed by atoms with Crippen LogP contribution in [0.25, 0.3) is 11.0 Å². The van der Waals surface area contributed by atoms with Crippen LogP contribution in [0, 0.1) is 0 Å². The van der Waals surface area contributed by atoms with E-state index < -0.39 is 0 Å². The Labute approximate surface area is 164 Å². The summed E-state index contributed by atoms with van der Waals surface area (Å²) in [5, 5.41) is 6.89. The van der Waals surface area contributed by atoms with E-state index in [9.17, 15) is 4.79 Å². The number of H-pyrrole nitrogens is 1. The number of carbonyl (C=O) groups is 2. The van der Waals surface area contributed by atoms with Crippen LogP contribution >= 0.6 is 0 Å². The number of aromatic amines is 1. The standard InChI is InChI=1S/C19H26N4O2.CH2O2/c24-19(7-6-18-20-16-4-1-2-5-17(16)21-18)23-10-3-9-22(11-12-23)15-8-13-25-14-15;2-1-3/h1-2,4-5,15H,3,6-14H2,(H,20,21);1H,(H,2,3). The highest BCUT2D eigenvalue weighted by Gasteiger charge is 2.26. The first-order valence-corrected chi connectivity index (χ1v) is 9.82. The Hall–Kier alpha value is -2.45. The van der Waals surface area contributed by atoms with Crippen molar-refractivity contribution < 1.29 is 19.4 Å². The number of benzene rings is 1. The van der Waals surface area contributed by atoms with Crippen LogP contribution in [0.3, 0.4) is 0 Å². The third kappa shape index (κ3) is 5.30. The molecule has 3 heterocycles. The number of imidazole rings is 1. The highest BCUT2D eigenvalue weighted by atomic mass is 16.5. The number of carboxylic acid groups (broad SMARTS) is 1. The number of carbonyl (C=O) groups excluding carboxylic acids is 1. The lowest BCUT2D eigenvalue weighted by Gasteiger charge is -2.26. The molecule has 152 valence electrons. The van der Waals surface area contributed by atoms with Crippen LogP contribution in [-0.2, 0) is 20.7 Å². The van der Waals surface area contributed by atoms with Crippen LogP contribution in [0.2, 0.25) is 0 Å². The topological polar surface area (TPSA) is 98.8 Å². The van der Waals surface area contributed by atoms with E-state index >= 15 is 0 Å². The molecular weight excluding hydrogens is 360 g/mol. The Morgan fingerprint density at radius 3 is 2.86 bits per heavy atom. The maximum atomic E-state index is 12.6. The number of nitrogens with zero attached hydrogens (tertiary/aromatic N) is 3. The van der Waals surface area contributed by atoms with Crippen LogP contribution in [0.4, 0.5) is 0 Å². The lowest BCUT2D eigenvalue weighted by molar-refractivity contribution is -0.131. The van der Waals surface area contributed by atoms with Gasteiger partial charge in [0.25, 0.3) is 6.47 Å². The van der Waals surface area contributed by atoms with E-state index in [0.29, 0.717) is 18.9 Å². The van der Waals surface area contributed by atoms with Crippen molar-refractivity contribution in [1.82, 2.24) is 19.8 Å². The predicted molar refractivity (Wildman–Crippen MR) is 105 cm³/mol. The summed E-state index contributed by atoms with van der Waals surface area (Å²) >= 11 is 0. The van der Waals surface area contributed by atoms with E-state index in [1.807, 2.05) is 29.2 Å². The monoisotopic (exact) mass is 388 g/mol. The third-order valence-electron chi connectivity index (χ3n) is 5.32. The fraction of sp³-hybridized carbons (Fsp3) is 0.550. The van der Waals surface area contributed by atoms with Gasteiger partial charge in [-0.25, -0.2) is 4.98 Å². The molecule has 1 atom stereocenters. The summed E-state index contributed by atoms with van der Waals surface area (Å²) in [4.78, 5) is 33.4. The molecule has 28 heavy (non-hydrogen) atoms. The van der Waals surface area contributed by atoms with Crippen molar-refractivity contribution in [2.24, 2.45) is 0 Å². The van der Waals surface area contributed by atoms with Crippen molar-refractivity contribution >= 4 is 23.4 Å². The third-order valence-corrected chi connectivity index (χ3v) is 5.32. The molecule has 1 amide bonds. The maximum absolute atomic E-state index is 12.6. The number of nitrogens with one attached hydrogen (secondary N) is 1. The molecule has 0 bridgehead atoms. The van der Waals surface area contributed by atoms with Crippen molar-refractivity contribution in [3.8, 4) is 0 Å². The molecule has 0 spiro atoms. The number of aromatic nitrogens is 2. The first-order valence-electron chi connectivity index (χ1n) is 9.82. The molecule has 8 heteroatoms. The van der Waals surface area contributed by atoms with Crippen molar-refractivity contribution in [2.75, 3.05) is 39.4 Å². The smallest absolute Gasteiger partial charge is 0.290 e. The largest absolute Gasteiger partial charge is 0.483 e. The van der Waals surface area contributed by atoms with Gasteiger partial charge < -0.3 is 19.7 Å². The molecule has 8 nitrogen and oxygen atoms in total. The Bertz CT molecular complexity index is 739. The molecule has 2 aliphatic heterocycles. The van der Waals surface area contributed by atoms with Gasteiger partial charge in [-0.1, -0.05) is 12.1 Å². The van der Waals surface area contributed by atoms with Crippen LogP contribution in [0.5, 0.6) is 0 Å². The van der Waals surface area contributed by atoms with E-state index in [0.717, 1.165) is 69.1 Å². The summed E-state index contributed by atoms with van der Waals surface area (Å²) in [6.07, 6.45) is 3.36. The Morgan fingerprint density at radius 1 is 1.29 bits per heavy atom. The van der Waals surface area contributed by atoms with Crippen molar-refractivity contribution in [2.45, 2.75) is 31.7 Å². The summed E-state index contributed by atoms with van der Waals surface area (Å²) in [6.45, 7) is 5.20. The van der Waals surface area contributed by atoms with Gasteiger partial charge in [0.2, 0.25) is 5.91 Å². The minimum atomic E-state index is -0.250. The van der Waals surface area contributed by atoms with Crippen LogP contribution in [0.15, 0.2) is 24.3 Å². The van der Waals surface area contributed by atoms with E-state index in [1.165, 1.54) is 0 Å². The zero-order chi connectivity index (χ0) is 19.8. The van der Waals surface area contributed by atoms with E-state index in [4.69, 9.17) is 14.6 Å². The summed E-state index contributed by atoms with van der Waals surface area (Å²) in [5.41, 5.74) is 2.00. The molecule has 1 aromatic carbocycles. The Kier molecular flexibility index (Phi) is 7.39. The number of hydrogen-bond donors (Lipinski definition) is 2. The molecule has 0 saturated carbocycles.